The third kappa shape index (κ3) is 5.00. The van der Waals surface area contributed by atoms with E-state index >= 15 is 0 Å². The van der Waals surface area contributed by atoms with Crippen LogP contribution in [0.1, 0.15) is 30.6 Å². The number of halogens is 1. The molecule has 1 aromatic carbocycles. The fraction of sp³-hybridized carbons (Fsp3) is 0.429. The summed E-state index contributed by atoms with van der Waals surface area (Å²) >= 11 is 0. The van der Waals surface area contributed by atoms with Crippen LogP contribution < -0.4 is 4.72 Å². The molecule has 9 heteroatoms. The van der Waals surface area contributed by atoms with Crippen LogP contribution >= 0.6 is 0 Å². The normalized spacial score (nSPS) is 12.9. The number of esters is 1. The van der Waals surface area contributed by atoms with Crippen molar-refractivity contribution in [3.8, 4) is 0 Å². The number of carbonyl (C=O) groups is 2. The largest absolute Gasteiger partial charge is 0.480 e. The zero-order valence-corrected chi connectivity index (χ0v) is 13.7. The number of hydrogen-bond acceptors (Lipinski definition) is 5. The molecule has 1 rings (SSSR count). The lowest BCUT2D eigenvalue weighted by molar-refractivity contribution is -0.139. The molecule has 1 aromatic rings. The summed E-state index contributed by atoms with van der Waals surface area (Å²) in [5, 5.41) is 9.12. The molecule has 0 unspecified atom stereocenters. The minimum absolute atomic E-state index is 0.0588. The molecule has 7 nitrogen and oxygen atoms in total. The van der Waals surface area contributed by atoms with Crippen LogP contribution in [0.5, 0.6) is 0 Å². The van der Waals surface area contributed by atoms with E-state index in [-0.39, 0.29) is 12.3 Å². The van der Waals surface area contributed by atoms with Crippen LogP contribution in [-0.2, 0) is 19.6 Å². The highest BCUT2D eigenvalue weighted by molar-refractivity contribution is 7.89. The number of nitrogens with one attached hydrogen (secondary N) is 1. The Labute approximate surface area is 133 Å². The van der Waals surface area contributed by atoms with Gasteiger partial charge in [0.2, 0.25) is 10.0 Å². The van der Waals surface area contributed by atoms with Crippen LogP contribution in [0.15, 0.2) is 23.1 Å². The minimum Gasteiger partial charge on any atom is -0.480 e. The molecular weight excluding hydrogens is 329 g/mol. The third-order valence-electron chi connectivity index (χ3n) is 2.94. The van der Waals surface area contributed by atoms with Crippen LogP contribution in [-0.4, -0.2) is 38.6 Å². The molecule has 0 fully saturated rings. The highest BCUT2D eigenvalue weighted by Crippen LogP contribution is 2.19. The highest BCUT2D eigenvalue weighted by atomic mass is 32.2. The van der Waals surface area contributed by atoms with Crippen molar-refractivity contribution in [2.24, 2.45) is 5.92 Å². The van der Waals surface area contributed by atoms with Crippen molar-refractivity contribution in [2.45, 2.75) is 31.2 Å². The molecule has 0 amide bonds. The smallest absolute Gasteiger partial charge is 0.339 e. The van der Waals surface area contributed by atoms with Gasteiger partial charge in [0.25, 0.3) is 0 Å². The predicted molar refractivity (Wildman–Crippen MR) is 78.9 cm³/mol. The zero-order valence-electron chi connectivity index (χ0n) is 12.9. The van der Waals surface area contributed by atoms with Crippen LogP contribution in [0.4, 0.5) is 4.39 Å². The number of carboxylic acid groups (broad SMARTS) is 1. The van der Waals surface area contributed by atoms with Crippen molar-refractivity contribution in [2.75, 3.05) is 7.11 Å². The van der Waals surface area contributed by atoms with Gasteiger partial charge in [-0.15, -0.1) is 0 Å². The lowest BCUT2D eigenvalue weighted by Gasteiger charge is -2.17. The lowest BCUT2D eigenvalue weighted by atomic mass is 10.1. The molecule has 0 bridgehead atoms. The van der Waals surface area contributed by atoms with Gasteiger partial charge >= 0.3 is 11.9 Å². The first kappa shape index (κ1) is 19.0. The minimum atomic E-state index is -4.35. The van der Waals surface area contributed by atoms with E-state index in [0.29, 0.717) is 0 Å². The second kappa shape index (κ2) is 7.51. The molecule has 0 aromatic heterocycles. The summed E-state index contributed by atoms with van der Waals surface area (Å²) in [5.41, 5.74) is -0.506. The number of methoxy groups -OCH3 is 1. The van der Waals surface area contributed by atoms with Gasteiger partial charge in [-0.1, -0.05) is 13.8 Å². The molecule has 128 valence electrons. The molecule has 23 heavy (non-hydrogen) atoms. The lowest BCUT2D eigenvalue weighted by Crippen LogP contribution is -2.42. The fourth-order valence-electron chi connectivity index (χ4n) is 1.93. The summed E-state index contributed by atoms with van der Waals surface area (Å²) in [7, 11) is -3.33. The molecule has 0 radical (unpaired) electrons. The number of hydrogen-bond donors (Lipinski definition) is 2. The van der Waals surface area contributed by atoms with Gasteiger partial charge in [-0.05, 0) is 30.5 Å². The SMILES string of the molecule is COC(=O)c1cc(F)ccc1S(=O)(=O)N[C@@H](CC(C)C)C(=O)O. The van der Waals surface area contributed by atoms with Gasteiger partial charge in [0.05, 0.1) is 17.6 Å². The van der Waals surface area contributed by atoms with Gasteiger partial charge in [-0.25, -0.2) is 17.6 Å². The second-order valence-corrected chi connectivity index (χ2v) is 6.96. The standard InChI is InChI=1S/C14H18FNO6S/c1-8(2)6-11(13(17)18)16-23(20,21)12-5-4-9(15)7-10(12)14(19)22-3/h4-5,7-8,11,16H,6H2,1-3H3,(H,17,18)/t11-/m0/s1. The van der Waals surface area contributed by atoms with Crippen LogP contribution in [0, 0.1) is 11.7 Å². The molecule has 0 aliphatic carbocycles. The number of ether oxygens (including phenoxy) is 1. The van der Waals surface area contributed by atoms with Gasteiger partial charge in [0, 0.05) is 0 Å². The van der Waals surface area contributed by atoms with Crippen LogP contribution in [0.25, 0.3) is 0 Å². The topological polar surface area (TPSA) is 110 Å². The molecule has 1 atom stereocenters. The predicted octanol–water partition coefficient (Wildman–Crippen LogP) is 1.39. The Hall–Kier alpha value is -2.00. The maximum Gasteiger partial charge on any atom is 0.339 e. The second-order valence-electron chi connectivity index (χ2n) is 5.27. The Kier molecular flexibility index (Phi) is 6.22. The van der Waals surface area contributed by atoms with Gasteiger partial charge in [0.15, 0.2) is 0 Å². The van der Waals surface area contributed by atoms with Gasteiger partial charge < -0.3 is 9.84 Å². The maximum absolute atomic E-state index is 13.3. The van der Waals surface area contributed by atoms with Crippen LogP contribution in [0.3, 0.4) is 0 Å². The molecule has 0 saturated heterocycles. The Morgan fingerprint density at radius 2 is 1.96 bits per heavy atom. The number of aliphatic carboxylic acids is 1. The summed E-state index contributed by atoms with van der Waals surface area (Å²) in [6, 6.07) is 1.10. The number of carboxylic acids is 1. The summed E-state index contributed by atoms with van der Waals surface area (Å²) in [5.74, 6) is -3.28. The van der Waals surface area contributed by atoms with Gasteiger partial charge in [-0.2, -0.15) is 4.72 Å². The summed E-state index contributed by atoms with van der Waals surface area (Å²) in [6.45, 7) is 3.48. The van der Waals surface area contributed by atoms with E-state index in [0.717, 1.165) is 25.3 Å². The molecule has 0 aliphatic rings. The van der Waals surface area contributed by atoms with E-state index in [1.54, 1.807) is 13.8 Å². The third-order valence-corrected chi connectivity index (χ3v) is 4.47. The van der Waals surface area contributed by atoms with Crippen molar-refractivity contribution in [3.05, 3.63) is 29.6 Å². The van der Waals surface area contributed by atoms with Crippen molar-refractivity contribution in [3.63, 3.8) is 0 Å². The molecule has 0 heterocycles. The molecule has 0 saturated carbocycles. The van der Waals surface area contributed by atoms with E-state index in [4.69, 9.17) is 5.11 Å². The van der Waals surface area contributed by atoms with Gasteiger partial charge in [-0.3, -0.25) is 4.79 Å². The van der Waals surface area contributed by atoms with Crippen molar-refractivity contribution in [1.29, 1.82) is 0 Å². The molecule has 0 spiro atoms. The Balaban J connectivity index is 3.27. The summed E-state index contributed by atoms with van der Waals surface area (Å²) < 4.78 is 44.5. The average Bonchev–Trinajstić information content (AvgIpc) is 2.44. The first-order valence-corrected chi connectivity index (χ1v) is 8.19. The van der Waals surface area contributed by atoms with Gasteiger partial charge in [0.1, 0.15) is 11.9 Å². The van der Waals surface area contributed by atoms with Crippen molar-refractivity contribution < 1.29 is 32.2 Å². The van der Waals surface area contributed by atoms with E-state index in [1.165, 1.54) is 0 Å². The van der Waals surface area contributed by atoms with E-state index < -0.39 is 44.3 Å². The zero-order chi connectivity index (χ0) is 17.8. The summed E-state index contributed by atoms with van der Waals surface area (Å²) in [4.78, 5) is 22.3. The quantitative estimate of drug-likeness (QED) is 0.721. The number of benzene rings is 1. The van der Waals surface area contributed by atoms with E-state index in [1.807, 2.05) is 4.72 Å². The van der Waals surface area contributed by atoms with Crippen molar-refractivity contribution in [1.82, 2.24) is 4.72 Å². The Morgan fingerprint density at radius 3 is 2.43 bits per heavy atom. The van der Waals surface area contributed by atoms with Crippen molar-refractivity contribution >= 4 is 22.0 Å². The first-order chi connectivity index (χ1) is 10.6. The maximum atomic E-state index is 13.3. The Morgan fingerprint density at radius 1 is 1.35 bits per heavy atom. The first-order valence-electron chi connectivity index (χ1n) is 6.71. The number of rotatable bonds is 7. The average molecular weight is 347 g/mol. The number of sulfonamides is 1. The number of carbonyl (C=O) groups excluding carboxylic acids is 1. The highest BCUT2D eigenvalue weighted by Gasteiger charge is 2.29. The molecular formula is C14H18FNO6S. The Bertz CT molecular complexity index is 701. The molecule has 0 aliphatic heterocycles. The monoisotopic (exact) mass is 347 g/mol. The van der Waals surface area contributed by atoms with E-state index in [2.05, 4.69) is 4.74 Å². The van der Waals surface area contributed by atoms with E-state index in [9.17, 15) is 22.4 Å². The fourth-order valence-corrected chi connectivity index (χ4v) is 3.31. The molecule has 2 N–H and O–H groups in total. The summed E-state index contributed by atoms with van der Waals surface area (Å²) in [6.07, 6.45) is 0.0588. The van der Waals surface area contributed by atoms with Crippen LogP contribution in [0.2, 0.25) is 0 Å².